The molecule has 0 fully saturated rings. The van der Waals surface area contributed by atoms with Gasteiger partial charge in [0.05, 0.1) is 40.2 Å². The van der Waals surface area contributed by atoms with Crippen LogP contribution in [-0.2, 0) is 16.1 Å². The predicted molar refractivity (Wildman–Crippen MR) is 192 cm³/mol. The Morgan fingerprint density at radius 3 is 2.57 bits per heavy atom. The SMILES string of the molecule is CCCC1=C(C(=O)OCC)[C@@H](c2cc(Br)ccc2OC)n2c(s/c(=C/c3cc(I)c(OCc4ccccc4Cl)c(OC)c3)c2=O)=N1. The number of allylic oxidation sites excluding steroid dienone is 1. The van der Waals surface area contributed by atoms with Crippen LogP contribution in [0.3, 0.4) is 0 Å². The van der Waals surface area contributed by atoms with E-state index >= 15 is 0 Å². The number of hydrogen-bond acceptors (Lipinski definition) is 8. The van der Waals surface area contributed by atoms with Crippen molar-refractivity contribution in [2.24, 2.45) is 4.99 Å². The summed E-state index contributed by atoms with van der Waals surface area (Å²) in [4.78, 5) is 33.1. The summed E-state index contributed by atoms with van der Waals surface area (Å²) in [6, 6.07) is 16.0. The normalized spacial score (nSPS) is 14.5. The van der Waals surface area contributed by atoms with Gasteiger partial charge in [0, 0.05) is 20.6 Å². The maximum atomic E-state index is 14.3. The fourth-order valence-electron chi connectivity index (χ4n) is 5.21. The molecule has 1 aromatic heterocycles. The number of esters is 1. The second-order valence-electron chi connectivity index (χ2n) is 10.2. The van der Waals surface area contributed by atoms with Crippen molar-refractivity contribution in [2.45, 2.75) is 39.3 Å². The molecule has 5 rings (SSSR count). The number of rotatable bonds is 11. The van der Waals surface area contributed by atoms with Gasteiger partial charge >= 0.3 is 5.97 Å². The van der Waals surface area contributed by atoms with Gasteiger partial charge in [-0.25, -0.2) is 9.79 Å². The minimum absolute atomic E-state index is 0.188. The van der Waals surface area contributed by atoms with Crippen LogP contribution in [-0.4, -0.2) is 31.4 Å². The van der Waals surface area contributed by atoms with E-state index in [-0.39, 0.29) is 18.8 Å². The number of fused-ring (bicyclic) bond motifs is 1. The Bertz CT molecular complexity index is 2010. The topological polar surface area (TPSA) is 88.4 Å². The smallest absolute Gasteiger partial charge is 0.338 e. The van der Waals surface area contributed by atoms with Gasteiger partial charge in [-0.3, -0.25) is 9.36 Å². The van der Waals surface area contributed by atoms with E-state index in [0.29, 0.717) is 54.9 Å². The zero-order valence-electron chi connectivity index (χ0n) is 25.6. The molecule has 0 N–H and O–H groups in total. The molecule has 240 valence electrons. The Labute approximate surface area is 297 Å². The summed E-state index contributed by atoms with van der Waals surface area (Å²) < 4.78 is 26.6. The number of hydrogen-bond donors (Lipinski definition) is 0. The number of carbonyl (C=O) groups is 1. The summed E-state index contributed by atoms with van der Waals surface area (Å²) in [6.45, 7) is 4.23. The number of thiazole rings is 1. The van der Waals surface area contributed by atoms with Crippen molar-refractivity contribution < 1.29 is 23.7 Å². The van der Waals surface area contributed by atoms with E-state index in [0.717, 1.165) is 25.6 Å². The van der Waals surface area contributed by atoms with Crippen LogP contribution in [0.5, 0.6) is 17.2 Å². The average Bonchev–Trinajstić information content (AvgIpc) is 3.34. The van der Waals surface area contributed by atoms with Crippen LogP contribution in [0, 0.1) is 3.57 Å². The number of halogens is 3. The van der Waals surface area contributed by atoms with Crippen molar-refractivity contribution in [1.29, 1.82) is 0 Å². The third kappa shape index (κ3) is 7.07. The molecule has 0 radical (unpaired) electrons. The van der Waals surface area contributed by atoms with Crippen molar-refractivity contribution >= 4 is 73.5 Å². The molecule has 0 amide bonds. The van der Waals surface area contributed by atoms with Crippen LogP contribution in [0.4, 0.5) is 0 Å². The number of nitrogens with zero attached hydrogens (tertiary/aromatic N) is 2. The molecule has 0 saturated carbocycles. The van der Waals surface area contributed by atoms with Gasteiger partial charge in [0.1, 0.15) is 18.4 Å². The Kier molecular flexibility index (Phi) is 11.3. The summed E-state index contributed by atoms with van der Waals surface area (Å²) in [7, 11) is 3.14. The number of methoxy groups -OCH3 is 2. The van der Waals surface area contributed by atoms with E-state index in [9.17, 15) is 9.59 Å². The van der Waals surface area contributed by atoms with Crippen LogP contribution in [0.15, 0.2) is 80.1 Å². The number of ether oxygens (including phenoxy) is 4. The van der Waals surface area contributed by atoms with E-state index in [2.05, 4.69) is 38.5 Å². The van der Waals surface area contributed by atoms with Crippen molar-refractivity contribution in [3.8, 4) is 17.2 Å². The van der Waals surface area contributed by atoms with Gasteiger partial charge in [-0.1, -0.05) is 70.4 Å². The molecular weight excluding hydrogens is 807 g/mol. The largest absolute Gasteiger partial charge is 0.496 e. The first-order chi connectivity index (χ1) is 22.2. The molecule has 0 spiro atoms. The molecular formula is C34H31BrClIN2O6S. The van der Waals surface area contributed by atoms with Crippen molar-refractivity contribution in [2.75, 3.05) is 20.8 Å². The van der Waals surface area contributed by atoms with Gasteiger partial charge in [0.2, 0.25) is 0 Å². The Morgan fingerprint density at radius 2 is 1.87 bits per heavy atom. The van der Waals surface area contributed by atoms with Gasteiger partial charge in [0.15, 0.2) is 16.3 Å². The number of benzene rings is 3. The van der Waals surface area contributed by atoms with Gasteiger partial charge < -0.3 is 18.9 Å². The predicted octanol–water partition coefficient (Wildman–Crippen LogP) is 7.20. The first-order valence-corrected chi connectivity index (χ1v) is 17.6. The summed E-state index contributed by atoms with van der Waals surface area (Å²) in [5.74, 6) is 1.12. The fourth-order valence-corrected chi connectivity index (χ4v) is 7.58. The van der Waals surface area contributed by atoms with Crippen LogP contribution in [0.25, 0.3) is 6.08 Å². The van der Waals surface area contributed by atoms with E-state index in [4.69, 9.17) is 35.5 Å². The van der Waals surface area contributed by atoms with Crippen LogP contribution in [0.2, 0.25) is 5.02 Å². The molecule has 1 aliphatic heterocycles. The number of carbonyl (C=O) groups excluding carboxylic acids is 1. The molecule has 0 aliphatic carbocycles. The van der Waals surface area contributed by atoms with Gasteiger partial charge in [-0.15, -0.1) is 0 Å². The second-order valence-corrected chi connectivity index (χ2v) is 13.7. The van der Waals surface area contributed by atoms with Gasteiger partial charge in [-0.05, 0) is 84.0 Å². The molecule has 2 heterocycles. The molecule has 0 saturated heterocycles. The highest BCUT2D eigenvalue weighted by Crippen LogP contribution is 2.39. The maximum absolute atomic E-state index is 14.3. The quantitative estimate of drug-likeness (QED) is 0.118. The third-order valence-electron chi connectivity index (χ3n) is 7.26. The Balaban J connectivity index is 1.65. The highest BCUT2D eigenvalue weighted by atomic mass is 127. The Hall–Kier alpha value is -3.13. The fraction of sp³-hybridized carbons (Fsp3) is 0.265. The monoisotopic (exact) mass is 836 g/mol. The summed E-state index contributed by atoms with van der Waals surface area (Å²) >= 11 is 13.3. The molecule has 3 aromatic carbocycles. The van der Waals surface area contributed by atoms with Crippen molar-refractivity contribution in [3.05, 3.63) is 115 Å². The van der Waals surface area contributed by atoms with Crippen molar-refractivity contribution in [3.63, 3.8) is 0 Å². The second kappa shape index (κ2) is 15.2. The minimum atomic E-state index is -0.804. The molecule has 12 heteroatoms. The molecule has 1 aliphatic rings. The average molecular weight is 838 g/mol. The summed E-state index contributed by atoms with van der Waals surface area (Å²) in [5, 5.41) is 0.621. The number of aromatic nitrogens is 1. The summed E-state index contributed by atoms with van der Waals surface area (Å²) in [6.07, 6.45) is 3.09. The van der Waals surface area contributed by atoms with Crippen molar-refractivity contribution in [1.82, 2.24) is 4.57 Å². The molecule has 4 aromatic rings. The zero-order chi connectivity index (χ0) is 33.0. The lowest BCUT2D eigenvalue weighted by Gasteiger charge is -2.27. The Morgan fingerprint density at radius 1 is 1.11 bits per heavy atom. The van der Waals surface area contributed by atoms with Crippen LogP contribution in [0.1, 0.15) is 49.4 Å². The molecule has 0 bridgehead atoms. The first-order valence-electron chi connectivity index (χ1n) is 14.5. The molecule has 46 heavy (non-hydrogen) atoms. The van der Waals surface area contributed by atoms with Crippen LogP contribution < -0.4 is 29.1 Å². The van der Waals surface area contributed by atoms with Gasteiger partial charge in [-0.2, -0.15) is 0 Å². The van der Waals surface area contributed by atoms with E-state index < -0.39 is 12.0 Å². The lowest BCUT2D eigenvalue weighted by molar-refractivity contribution is -0.139. The first kappa shape index (κ1) is 34.2. The minimum Gasteiger partial charge on any atom is -0.496 e. The summed E-state index contributed by atoms with van der Waals surface area (Å²) in [5.41, 5.74) is 2.88. The van der Waals surface area contributed by atoms with Crippen LogP contribution >= 0.6 is 61.5 Å². The highest BCUT2D eigenvalue weighted by molar-refractivity contribution is 14.1. The molecule has 8 nitrogen and oxygen atoms in total. The van der Waals surface area contributed by atoms with Gasteiger partial charge in [0.25, 0.3) is 5.56 Å². The lowest BCUT2D eigenvalue weighted by Crippen LogP contribution is -2.40. The highest BCUT2D eigenvalue weighted by Gasteiger charge is 2.36. The zero-order valence-corrected chi connectivity index (χ0v) is 30.9. The van der Waals surface area contributed by atoms with E-state index in [1.54, 1.807) is 37.9 Å². The molecule has 0 unspecified atom stereocenters. The van der Waals surface area contributed by atoms with E-state index in [1.165, 1.54) is 11.3 Å². The molecule has 1 atom stereocenters. The van der Waals surface area contributed by atoms with E-state index in [1.807, 2.05) is 55.5 Å². The third-order valence-corrected chi connectivity index (χ3v) is 9.90. The maximum Gasteiger partial charge on any atom is 0.338 e. The lowest BCUT2D eigenvalue weighted by atomic mass is 9.93. The standard InChI is InChI=1S/C34H31BrClIN2O6S/c1-5-9-25-29(33(41)44-6-2)30(22-17-21(35)12-13-26(22)42-3)39-32(40)28(46-34(39)38-25)16-19-14-24(37)31(27(15-19)43-4)45-18-20-10-7-8-11-23(20)36/h7-8,10-17,30H,5-6,9,18H2,1-4H3/b28-16+/t30-/m1/s1.